The monoisotopic (exact) mass is 231 g/mol. The maximum atomic E-state index is 13.3. The van der Waals surface area contributed by atoms with E-state index in [1.54, 1.807) is 6.92 Å². The molecule has 1 atom stereocenters. The normalized spacial score (nSPS) is 12.3. The van der Waals surface area contributed by atoms with Crippen molar-refractivity contribution in [1.82, 2.24) is 0 Å². The van der Waals surface area contributed by atoms with Crippen molar-refractivity contribution >= 4 is 17.5 Å². The van der Waals surface area contributed by atoms with Gasteiger partial charge in [0.1, 0.15) is 5.82 Å². The zero-order chi connectivity index (χ0) is 11.4. The van der Waals surface area contributed by atoms with E-state index in [1.165, 1.54) is 18.2 Å². The largest absolute Gasteiger partial charge is 0.479 e. The van der Waals surface area contributed by atoms with Gasteiger partial charge in [-0.3, -0.25) is 5.41 Å². The van der Waals surface area contributed by atoms with Crippen LogP contribution in [0.25, 0.3) is 0 Å². The summed E-state index contributed by atoms with van der Waals surface area (Å²) in [6.07, 6.45) is -1.46. The fraction of sp³-hybridized carbons (Fsp3) is 0.300. The Labute approximate surface area is 92.0 Å². The highest BCUT2D eigenvalue weighted by atomic mass is 35.5. The second-order valence-electron chi connectivity index (χ2n) is 2.84. The van der Waals surface area contributed by atoms with Gasteiger partial charge < -0.3 is 9.84 Å². The van der Waals surface area contributed by atoms with Crippen LogP contribution < -0.4 is 0 Å². The van der Waals surface area contributed by atoms with Gasteiger partial charge in [0.25, 0.3) is 0 Å². The molecule has 0 saturated carbocycles. The Hall–Kier alpha value is -1.13. The van der Waals surface area contributed by atoms with Crippen molar-refractivity contribution in [2.45, 2.75) is 13.0 Å². The van der Waals surface area contributed by atoms with Crippen LogP contribution in [0.1, 0.15) is 18.6 Å². The zero-order valence-electron chi connectivity index (χ0n) is 8.13. The second kappa shape index (κ2) is 5.09. The van der Waals surface area contributed by atoms with E-state index in [0.717, 1.165) is 0 Å². The summed E-state index contributed by atoms with van der Waals surface area (Å²) in [4.78, 5) is 0. The smallest absolute Gasteiger partial charge is 0.215 e. The third-order valence-corrected chi connectivity index (χ3v) is 2.15. The molecule has 0 aliphatic heterocycles. The fourth-order valence-electron chi connectivity index (χ4n) is 1.14. The number of aliphatic hydroxyl groups is 1. The van der Waals surface area contributed by atoms with Crippen LogP contribution in [-0.2, 0) is 4.74 Å². The predicted molar refractivity (Wildman–Crippen MR) is 55.7 cm³/mol. The van der Waals surface area contributed by atoms with E-state index in [2.05, 4.69) is 0 Å². The number of halogens is 2. The lowest BCUT2D eigenvalue weighted by atomic mass is 10.1. The summed E-state index contributed by atoms with van der Waals surface area (Å²) in [6, 6.07) is 4.05. The molecule has 2 N–H and O–H groups in total. The Morgan fingerprint density at radius 2 is 2.33 bits per heavy atom. The minimum Gasteiger partial charge on any atom is -0.479 e. The molecule has 0 spiro atoms. The van der Waals surface area contributed by atoms with Crippen LogP contribution in [0.5, 0.6) is 0 Å². The molecule has 0 bridgehead atoms. The minimum atomic E-state index is -1.46. The number of hydrogen-bond donors (Lipinski definition) is 2. The average molecular weight is 232 g/mol. The summed E-state index contributed by atoms with van der Waals surface area (Å²) in [5, 5.41) is 17.0. The Morgan fingerprint density at radius 1 is 1.67 bits per heavy atom. The van der Waals surface area contributed by atoms with E-state index in [4.69, 9.17) is 21.7 Å². The van der Waals surface area contributed by atoms with Crippen molar-refractivity contribution in [1.29, 1.82) is 5.41 Å². The van der Waals surface area contributed by atoms with Crippen molar-refractivity contribution in [2.75, 3.05) is 6.61 Å². The SMILES string of the molecule is CCOC(=N)[C@H](O)c1c(F)cccc1Cl. The maximum absolute atomic E-state index is 13.3. The average Bonchev–Trinajstić information content (AvgIpc) is 2.17. The van der Waals surface area contributed by atoms with Gasteiger partial charge in [-0.2, -0.15) is 0 Å². The summed E-state index contributed by atoms with van der Waals surface area (Å²) in [7, 11) is 0. The molecule has 1 aromatic carbocycles. The Bertz CT molecular complexity index is 350. The third kappa shape index (κ3) is 2.67. The molecular weight excluding hydrogens is 221 g/mol. The van der Waals surface area contributed by atoms with Gasteiger partial charge in [0.2, 0.25) is 5.90 Å². The molecule has 0 radical (unpaired) electrons. The molecule has 0 aromatic heterocycles. The van der Waals surface area contributed by atoms with Crippen molar-refractivity contribution in [3.05, 3.63) is 34.6 Å². The first-order valence-corrected chi connectivity index (χ1v) is 4.79. The van der Waals surface area contributed by atoms with Gasteiger partial charge in [-0.25, -0.2) is 4.39 Å². The zero-order valence-corrected chi connectivity index (χ0v) is 8.88. The lowest BCUT2D eigenvalue weighted by Crippen LogP contribution is -2.16. The first-order valence-electron chi connectivity index (χ1n) is 4.41. The summed E-state index contributed by atoms with van der Waals surface area (Å²) >= 11 is 5.72. The van der Waals surface area contributed by atoms with Gasteiger partial charge >= 0.3 is 0 Å². The Kier molecular flexibility index (Phi) is 4.05. The van der Waals surface area contributed by atoms with E-state index < -0.39 is 17.8 Å². The molecule has 0 heterocycles. The summed E-state index contributed by atoms with van der Waals surface area (Å²) in [5.74, 6) is -1.07. The van der Waals surface area contributed by atoms with Crippen LogP contribution in [0.4, 0.5) is 4.39 Å². The highest BCUT2D eigenvalue weighted by Gasteiger charge is 2.21. The molecule has 1 aromatic rings. The summed E-state index contributed by atoms with van der Waals surface area (Å²) in [5.41, 5.74) is -0.127. The number of aliphatic hydroxyl groups excluding tert-OH is 1. The number of hydrogen-bond acceptors (Lipinski definition) is 3. The molecule has 0 unspecified atom stereocenters. The van der Waals surface area contributed by atoms with E-state index in [1.807, 2.05) is 0 Å². The Balaban J connectivity index is 3.00. The van der Waals surface area contributed by atoms with E-state index >= 15 is 0 Å². The van der Waals surface area contributed by atoms with E-state index in [9.17, 15) is 9.50 Å². The van der Waals surface area contributed by atoms with Crippen LogP contribution in [0.3, 0.4) is 0 Å². The molecule has 15 heavy (non-hydrogen) atoms. The molecule has 0 amide bonds. The molecule has 0 aliphatic rings. The van der Waals surface area contributed by atoms with Crippen LogP contribution in [-0.4, -0.2) is 17.6 Å². The number of nitrogens with one attached hydrogen (secondary N) is 1. The standard InChI is InChI=1S/C10H11ClFNO2/c1-2-15-10(13)9(14)8-6(11)4-3-5-7(8)12/h3-5,9,13-14H,2H2,1H3/t9-/m1/s1. The van der Waals surface area contributed by atoms with Gasteiger partial charge in [0, 0.05) is 10.6 Å². The molecule has 0 saturated heterocycles. The minimum absolute atomic E-state index is 0.0759. The topological polar surface area (TPSA) is 53.3 Å². The molecule has 3 nitrogen and oxygen atoms in total. The van der Waals surface area contributed by atoms with Crippen molar-refractivity contribution in [2.24, 2.45) is 0 Å². The quantitative estimate of drug-likeness (QED) is 0.620. The molecular formula is C10H11ClFNO2. The maximum Gasteiger partial charge on any atom is 0.215 e. The molecule has 5 heteroatoms. The number of benzene rings is 1. The summed E-state index contributed by atoms with van der Waals surface area (Å²) in [6.45, 7) is 1.91. The van der Waals surface area contributed by atoms with Crippen LogP contribution in [0.2, 0.25) is 5.02 Å². The summed E-state index contributed by atoms with van der Waals surface area (Å²) < 4.78 is 18.1. The number of ether oxygens (including phenoxy) is 1. The predicted octanol–water partition coefficient (Wildman–Crippen LogP) is 2.53. The van der Waals surface area contributed by atoms with Crippen molar-refractivity contribution in [3.8, 4) is 0 Å². The van der Waals surface area contributed by atoms with Crippen molar-refractivity contribution in [3.63, 3.8) is 0 Å². The van der Waals surface area contributed by atoms with Crippen LogP contribution >= 0.6 is 11.6 Å². The van der Waals surface area contributed by atoms with Crippen LogP contribution in [0, 0.1) is 11.2 Å². The highest BCUT2D eigenvalue weighted by molar-refractivity contribution is 6.31. The van der Waals surface area contributed by atoms with Gasteiger partial charge in [0.15, 0.2) is 6.10 Å². The third-order valence-electron chi connectivity index (χ3n) is 1.82. The first-order chi connectivity index (χ1) is 7.07. The Morgan fingerprint density at radius 3 is 2.87 bits per heavy atom. The van der Waals surface area contributed by atoms with Crippen molar-refractivity contribution < 1.29 is 14.2 Å². The van der Waals surface area contributed by atoms with Crippen LogP contribution in [0.15, 0.2) is 18.2 Å². The second-order valence-corrected chi connectivity index (χ2v) is 3.24. The highest BCUT2D eigenvalue weighted by Crippen LogP contribution is 2.26. The van der Waals surface area contributed by atoms with Gasteiger partial charge in [-0.05, 0) is 19.1 Å². The molecule has 82 valence electrons. The van der Waals surface area contributed by atoms with Gasteiger partial charge in [0.05, 0.1) is 6.61 Å². The van der Waals surface area contributed by atoms with E-state index in [-0.39, 0.29) is 17.2 Å². The van der Waals surface area contributed by atoms with Gasteiger partial charge in [-0.15, -0.1) is 0 Å². The first kappa shape index (κ1) is 11.9. The molecule has 0 aliphatic carbocycles. The lowest BCUT2D eigenvalue weighted by molar-refractivity contribution is 0.187. The number of rotatable bonds is 3. The fourth-order valence-corrected chi connectivity index (χ4v) is 1.40. The van der Waals surface area contributed by atoms with Gasteiger partial charge in [-0.1, -0.05) is 17.7 Å². The molecule has 1 rings (SSSR count). The lowest BCUT2D eigenvalue weighted by Gasteiger charge is -2.14. The van der Waals surface area contributed by atoms with E-state index in [0.29, 0.717) is 0 Å². The molecule has 0 fully saturated rings.